The number of aryl methyl sites for hydroxylation is 2. The van der Waals surface area contributed by atoms with Gasteiger partial charge in [0.1, 0.15) is 11.6 Å². The lowest BCUT2D eigenvalue weighted by Crippen LogP contribution is -3.09. The minimum Gasteiger partial charge on any atom is -0.349 e. The van der Waals surface area contributed by atoms with Gasteiger partial charge >= 0.3 is 0 Å². The molecule has 0 bridgehead atoms. The molecule has 0 fully saturated rings. The van der Waals surface area contributed by atoms with Crippen molar-refractivity contribution in [2.75, 3.05) is 13.6 Å². The number of amides is 1. The van der Waals surface area contributed by atoms with Gasteiger partial charge in [0.25, 0.3) is 5.91 Å². The van der Waals surface area contributed by atoms with Crippen LogP contribution in [-0.4, -0.2) is 35.1 Å². The van der Waals surface area contributed by atoms with Gasteiger partial charge in [-0.05, 0) is 52.8 Å². The van der Waals surface area contributed by atoms with Gasteiger partial charge in [-0.1, -0.05) is 18.2 Å². The molecule has 3 rings (SSSR count). The Labute approximate surface area is 177 Å². The molecule has 2 heterocycles. The van der Waals surface area contributed by atoms with Crippen LogP contribution in [0.5, 0.6) is 0 Å². The zero-order valence-electron chi connectivity index (χ0n) is 18.2. The van der Waals surface area contributed by atoms with Crippen molar-refractivity contribution in [1.82, 2.24) is 14.9 Å². The molecule has 0 saturated heterocycles. The molecule has 0 spiro atoms. The van der Waals surface area contributed by atoms with Gasteiger partial charge in [0.05, 0.1) is 12.7 Å². The molecule has 1 aromatic carbocycles. The maximum absolute atomic E-state index is 12.0. The molecule has 29 heavy (non-hydrogen) atoms. The van der Waals surface area contributed by atoms with Gasteiger partial charge < -0.3 is 14.8 Å². The van der Waals surface area contributed by atoms with Gasteiger partial charge in [-0.15, -0.1) is 11.3 Å². The number of hydrogen-bond donors (Lipinski definition) is 2. The summed E-state index contributed by atoms with van der Waals surface area (Å²) >= 11 is 1.73. The van der Waals surface area contributed by atoms with Crippen LogP contribution in [0.2, 0.25) is 0 Å². The van der Waals surface area contributed by atoms with Crippen molar-refractivity contribution in [2.24, 2.45) is 0 Å². The minimum atomic E-state index is 0.0809. The molecule has 2 N–H and O–H groups in total. The van der Waals surface area contributed by atoms with Crippen molar-refractivity contribution in [1.29, 1.82) is 0 Å². The van der Waals surface area contributed by atoms with Crippen LogP contribution >= 0.6 is 11.3 Å². The summed E-state index contributed by atoms with van der Waals surface area (Å²) in [6.07, 6.45) is 0. The SMILES string of the molecule is Cc1sc(C[NH+](C)CC(=O)NC(C)C)nc1-c1cc(C)n(-c2ccccc2)c1C. The molecule has 6 heteroatoms. The molecule has 0 radical (unpaired) electrons. The number of rotatable bonds is 7. The van der Waals surface area contributed by atoms with Gasteiger partial charge in [0, 0.05) is 33.6 Å². The third-order valence-corrected chi connectivity index (χ3v) is 5.88. The van der Waals surface area contributed by atoms with Crippen LogP contribution in [0.3, 0.4) is 0 Å². The van der Waals surface area contributed by atoms with E-state index in [2.05, 4.69) is 61.0 Å². The highest BCUT2D eigenvalue weighted by Crippen LogP contribution is 2.33. The molecule has 2 aromatic heterocycles. The average molecular weight is 412 g/mol. The Balaban J connectivity index is 1.82. The normalized spacial score (nSPS) is 12.4. The van der Waals surface area contributed by atoms with Crippen LogP contribution in [-0.2, 0) is 11.3 Å². The number of para-hydroxylation sites is 1. The number of nitrogens with zero attached hydrogens (tertiary/aromatic N) is 2. The molecule has 1 unspecified atom stereocenters. The number of benzene rings is 1. The Hall–Kier alpha value is -2.44. The zero-order valence-corrected chi connectivity index (χ0v) is 19.0. The third-order valence-electron chi connectivity index (χ3n) is 4.91. The summed E-state index contributed by atoms with van der Waals surface area (Å²) in [5, 5.41) is 4.02. The van der Waals surface area contributed by atoms with E-state index in [0.29, 0.717) is 6.54 Å². The van der Waals surface area contributed by atoms with E-state index in [0.717, 1.165) is 22.1 Å². The quantitative estimate of drug-likeness (QED) is 0.628. The lowest BCUT2D eigenvalue weighted by Gasteiger charge is -2.13. The maximum atomic E-state index is 12.0. The maximum Gasteiger partial charge on any atom is 0.275 e. The van der Waals surface area contributed by atoms with Crippen LogP contribution in [0, 0.1) is 20.8 Å². The second kappa shape index (κ2) is 8.93. The summed E-state index contributed by atoms with van der Waals surface area (Å²) in [7, 11) is 2.04. The van der Waals surface area contributed by atoms with E-state index in [1.54, 1.807) is 11.3 Å². The molecule has 0 saturated carbocycles. The largest absolute Gasteiger partial charge is 0.349 e. The number of hydrogen-bond acceptors (Lipinski definition) is 3. The highest BCUT2D eigenvalue weighted by atomic mass is 32.1. The third kappa shape index (κ3) is 4.95. The lowest BCUT2D eigenvalue weighted by molar-refractivity contribution is -0.885. The number of likely N-dealkylation sites (N-methyl/N-ethyl adjacent to an activating group) is 1. The first kappa shape index (κ1) is 21.3. The fourth-order valence-electron chi connectivity index (χ4n) is 3.72. The number of carbonyl (C=O) groups excluding carboxylic acids is 1. The van der Waals surface area contributed by atoms with Crippen LogP contribution in [0.15, 0.2) is 36.4 Å². The number of aromatic nitrogens is 2. The summed E-state index contributed by atoms with van der Waals surface area (Å²) < 4.78 is 2.28. The lowest BCUT2D eigenvalue weighted by atomic mass is 10.1. The zero-order chi connectivity index (χ0) is 21.1. The molecular formula is C23H31N4OS+. The van der Waals surface area contributed by atoms with Crippen LogP contribution in [0.25, 0.3) is 16.9 Å². The van der Waals surface area contributed by atoms with Gasteiger partial charge in [0.15, 0.2) is 6.54 Å². The van der Waals surface area contributed by atoms with E-state index >= 15 is 0 Å². The average Bonchev–Trinajstić information content (AvgIpc) is 3.13. The van der Waals surface area contributed by atoms with Crippen molar-refractivity contribution in [2.45, 2.75) is 47.2 Å². The fraction of sp³-hybridized carbons (Fsp3) is 0.391. The molecule has 0 aliphatic heterocycles. The van der Waals surface area contributed by atoms with E-state index in [-0.39, 0.29) is 11.9 Å². The molecule has 0 aliphatic rings. The highest BCUT2D eigenvalue weighted by molar-refractivity contribution is 7.12. The molecule has 1 amide bonds. The summed E-state index contributed by atoms with van der Waals surface area (Å²) in [5.74, 6) is 0.0809. The first-order valence-electron chi connectivity index (χ1n) is 10.1. The van der Waals surface area contributed by atoms with Gasteiger partial charge in [-0.25, -0.2) is 4.98 Å². The molecule has 5 nitrogen and oxygen atoms in total. The van der Waals surface area contributed by atoms with Crippen LogP contribution < -0.4 is 10.2 Å². The number of carbonyl (C=O) groups is 1. The topological polar surface area (TPSA) is 51.4 Å². The summed E-state index contributed by atoms with van der Waals surface area (Å²) in [6.45, 7) is 11.6. The van der Waals surface area contributed by atoms with Crippen LogP contribution in [0.4, 0.5) is 0 Å². The minimum absolute atomic E-state index is 0.0809. The molecule has 1 atom stereocenters. The number of nitrogens with one attached hydrogen (secondary N) is 2. The van der Waals surface area contributed by atoms with E-state index in [4.69, 9.17) is 4.98 Å². The van der Waals surface area contributed by atoms with Crippen molar-refractivity contribution in [3.63, 3.8) is 0 Å². The van der Waals surface area contributed by atoms with Crippen molar-refractivity contribution < 1.29 is 9.69 Å². The van der Waals surface area contributed by atoms with Gasteiger partial charge in [0.2, 0.25) is 0 Å². The Morgan fingerprint density at radius 1 is 1.21 bits per heavy atom. The Bertz CT molecular complexity index is 988. The standard InChI is InChI=1S/C23H30N4OS/c1-15(2)24-21(28)13-26(6)14-22-25-23(18(5)29-22)20-12-16(3)27(17(20)4)19-10-8-7-9-11-19/h7-12,15H,13-14H2,1-6H3,(H,24,28)/p+1. The van der Waals surface area contributed by atoms with Gasteiger partial charge in [-0.3, -0.25) is 4.79 Å². The van der Waals surface area contributed by atoms with Crippen molar-refractivity contribution in [3.05, 3.63) is 57.7 Å². The van der Waals surface area contributed by atoms with E-state index < -0.39 is 0 Å². The van der Waals surface area contributed by atoms with E-state index in [9.17, 15) is 4.79 Å². The van der Waals surface area contributed by atoms with Crippen LogP contribution in [0.1, 0.15) is 35.1 Å². The summed E-state index contributed by atoms with van der Waals surface area (Å²) in [4.78, 5) is 19.3. The van der Waals surface area contributed by atoms with Crippen molar-refractivity contribution in [3.8, 4) is 16.9 Å². The summed E-state index contributed by atoms with van der Waals surface area (Å²) in [5.41, 5.74) is 5.81. The van der Waals surface area contributed by atoms with Crippen molar-refractivity contribution >= 4 is 17.2 Å². The molecule has 0 aliphatic carbocycles. The van der Waals surface area contributed by atoms with Gasteiger partial charge in [-0.2, -0.15) is 0 Å². The van der Waals surface area contributed by atoms with E-state index in [1.807, 2.05) is 27.0 Å². The van der Waals surface area contributed by atoms with E-state index in [1.165, 1.54) is 27.5 Å². The number of quaternary nitrogens is 1. The fourth-order valence-corrected chi connectivity index (χ4v) is 4.78. The molecule has 3 aromatic rings. The first-order valence-corrected chi connectivity index (χ1v) is 10.9. The smallest absolute Gasteiger partial charge is 0.275 e. The first-order chi connectivity index (χ1) is 13.8. The second-order valence-corrected chi connectivity index (χ2v) is 9.29. The molecular weight excluding hydrogens is 380 g/mol. The molecule has 154 valence electrons. The second-order valence-electron chi connectivity index (χ2n) is 8.00. The Kier molecular flexibility index (Phi) is 6.55. The monoisotopic (exact) mass is 411 g/mol. The predicted octanol–water partition coefficient (Wildman–Crippen LogP) is 3.07. The highest BCUT2D eigenvalue weighted by Gasteiger charge is 2.19. The summed E-state index contributed by atoms with van der Waals surface area (Å²) in [6, 6.07) is 12.8. The number of thiazole rings is 1. The predicted molar refractivity (Wildman–Crippen MR) is 120 cm³/mol. The Morgan fingerprint density at radius 3 is 2.55 bits per heavy atom. The Morgan fingerprint density at radius 2 is 1.90 bits per heavy atom.